The van der Waals surface area contributed by atoms with Crippen molar-refractivity contribution in [3.8, 4) is 0 Å². The number of carbonyl (C=O) groups is 1. The van der Waals surface area contributed by atoms with E-state index in [1.807, 2.05) is 35.0 Å². The predicted octanol–water partition coefficient (Wildman–Crippen LogP) is 3.46. The van der Waals surface area contributed by atoms with Crippen LogP contribution < -0.4 is 5.32 Å². The molecule has 0 saturated heterocycles. The molecule has 25 heavy (non-hydrogen) atoms. The van der Waals surface area contributed by atoms with E-state index in [1.165, 1.54) is 24.0 Å². The van der Waals surface area contributed by atoms with Gasteiger partial charge in [-0.1, -0.05) is 42.3 Å². The molecule has 0 radical (unpaired) electrons. The van der Waals surface area contributed by atoms with Gasteiger partial charge in [0.25, 0.3) is 5.91 Å². The molecule has 0 bridgehead atoms. The third-order valence-corrected chi connectivity index (χ3v) is 5.05. The fourth-order valence-electron chi connectivity index (χ4n) is 3.52. The summed E-state index contributed by atoms with van der Waals surface area (Å²) in [6.45, 7) is 2.77. The Labute approximate surface area is 147 Å². The van der Waals surface area contributed by atoms with Crippen LogP contribution in [0.2, 0.25) is 0 Å². The van der Waals surface area contributed by atoms with Crippen molar-refractivity contribution in [1.29, 1.82) is 0 Å². The Balaban J connectivity index is 1.56. The first-order chi connectivity index (χ1) is 12.2. The van der Waals surface area contributed by atoms with E-state index in [0.717, 1.165) is 23.9 Å². The Morgan fingerprint density at radius 1 is 1.20 bits per heavy atom. The third kappa shape index (κ3) is 3.27. The van der Waals surface area contributed by atoms with Crippen molar-refractivity contribution in [3.05, 3.63) is 59.2 Å². The van der Waals surface area contributed by atoms with Gasteiger partial charge in [-0.3, -0.25) is 4.79 Å². The summed E-state index contributed by atoms with van der Waals surface area (Å²) in [7, 11) is 0. The zero-order valence-corrected chi connectivity index (χ0v) is 14.4. The van der Waals surface area contributed by atoms with Gasteiger partial charge in [-0.25, -0.2) is 4.68 Å². The second kappa shape index (κ2) is 6.67. The number of fused-ring (bicyclic) bond motifs is 1. The van der Waals surface area contributed by atoms with E-state index in [0.29, 0.717) is 18.2 Å². The van der Waals surface area contributed by atoms with Gasteiger partial charge in [0.15, 0.2) is 0 Å². The Morgan fingerprint density at radius 3 is 2.80 bits per heavy atom. The molecular formula is C20H22N4O. The Hall–Kier alpha value is -2.69. The molecule has 3 aromatic rings. The minimum atomic E-state index is -0.0118. The van der Waals surface area contributed by atoms with E-state index in [4.69, 9.17) is 0 Å². The molecule has 1 aromatic heterocycles. The van der Waals surface area contributed by atoms with Gasteiger partial charge in [0, 0.05) is 11.6 Å². The van der Waals surface area contributed by atoms with E-state index in [1.54, 1.807) is 0 Å². The van der Waals surface area contributed by atoms with Gasteiger partial charge in [-0.15, -0.1) is 5.10 Å². The molecule has 1 N–H and O–H groups in total. The van der Waals surface area contributed by atoms with Crippen LogP contribution in [0.4, 0.5) is 0 Å². The average molecular weight is 334 g/mol. The van der Waals surface area contributed by atoms with Gasteiger partial charge < -0.3 is 5.32 Å². The number of amides is 1. The van der Waals surface area contributed by atoms with E-state index in [2.05, 4.69) is 34.7 Å². The molecule has 1 fully saturated rings. The van der Waals surface area contributed by atoms with Gasteiger partial charge in [-0.2, -0.15) is 0 Å². The molecule has 5 nitrogen and oxygen atoms in total. The molecule has 0 spiro atoms. The fraction of sp³-hybridized carbons (Fsp3) is 0.350. The summed E-state index contributed by atoms with van der Waals surface area (Å²) in [5.74, 6) is -0.0118. The minimum absolute atomic E-state index is 0.0118. The zero-order chi connectivity index (χ0) is 17.2. The Bertz CT molecular complexity index is 909. The fourth-order valence-corrected chi connectivity index (χ4v) is 3.52. The summed E-state index contributed by atoms with van der Waals surface area (Å²) < 4.78 is 1.89. The monoisotopic (exact) mass is 334 g/mol. The highest BCUT2D eigenvalue weighted by atomic mass is 16.1. The zero-order valence-electron chi connectivity index (χ0n) is 14.4. The van der Waals surface area contributed by atoms with Gasteiger partial charge in [0.2, 0.25) is 0 Å². The standard InChI is InChI=1S/C20H22N4O/c1-14-6-2-3-7-16(14)13-24-19-11-10-15(12-18(19)22-23-24)20(25)21-17-8-4-5-9-17/h2-3,6-7,10-12,17H,4-5,8-9,13H2,1H3,(H,21,25). The van der Waals surface area contributed by atoms with Gasteiger partial charge in [-0.05, 0) is 49.1 Å². The molecular weight excluding hydrogens is 312 g/mol. The van der Waals surface area contributed by atoms with Crippen LogP contribution in [0.25, 0.3) is 11.0 Å². The van der Waals surface area contributed by atoms with Crippen molar-refractivity contribution in [3.63, 3.8) is 0 Å². The number of aryl methyl sites for hydroxylation is 1. The lowest BCUT2D eigenvalue weighted by Crippen LogP contribution is -2.32. The summed E-state index contributed by atoms with van der Waals surface area (Å²) in [5.41, 5.74) is 4.81. The molecule has 0 unspecified atom stereocenters. The van der Waals surface area contributed by atoms with Crippen molar-refractivity contribution >= 4 is 16.9 Å². The molecule has 0 aliphatic heterocycles. The van der Waals surface area contributed by atoms with Gasteiger partial charge >= 0.3 is 0 Å². The average Bonchev–Trinajstić information content (AvgIpc) is 3.26. The summed E-state index contributed by atoms with van der Waals surface area (Å²) in [5, 5.41) is 11.6. The number of hydrogen-bond acceptors (Lipinski definition) is 3. The number of carbonyl (C=O) groups excluding carboxylic acids is 1. The highest BCUT2D eigenvalue weighted by Crippen LogP contribution is 2.20. The predicted molar refractivity (Wildman–Crippen MR) is 97.5 cm³/mol. The SMILES string of the molecule is Cc1ccccc1Cn1nnc2cc(C(=O)NC3CCCC3)ccc21. The molecule has 5 heteroatoms. The first kappa shape index (κ1) is 15.8. The van der Waals surface area contributed by atoms with E-state index >= 15 is 0 Å². The summed E-state index contributed by atoms with van der Waals surface area (Å²) in [6.07, 6.45) is 4.58. The normalized spacial score (nSPS) is 14.9. The topological polar surface area (TPSA) is 59.8 Å². The van der Waals surface area contributed by atoms with E-state index in [9.17, 15) is 4.79 Å². The number of hydrogen-bond donors (Lipinski definition) is 1. The van der Waals surface area contributed by atoms with Crippen LogP contribution in [0, 0.1) is 6.92 Å². The Kier molecular flexibility index (Phi) is 4.22. The second-order valence-electron chi connectivity index (χ2n) is 6.83. The first-order valence-corrected chi connectivity index (χ1v) is 8.89. The van der Waals surface area contributed by atoms with Gasteiger partial charge in [0.1, 0.15) is 5.52 Å². The number of aromatic nitrogens is 3. The number of nitrogens with one attached hydrogen (secondary N) is 1. The van der Waals surface area contributed by atoms with Crippen LogP contribution >= 0.6 is 0 Å². The van der Waals surface area contributed by atoms with Crippen molar-refractivity contribution in [2.24, 2.45) is 0 Å². The van der Waals surface area contributed by atoms with E-state index < -0.39 is 0 Å². The van der Waals surface area contributed by atoms with Crippen molar-refractivity contribution in [1.82, 2.24) is 20.3 Å². The van der Waals surface area contributed by atoms with Gasteiger partial charge in [0.05, 0.1) is 12.1 Å². The molecule has 1 saturated carbocycles. The minimum Gasteiger partial charge on any atom is -0.349 e. The van der Waals surface area contributed by atoms with Crippen LogP contribution in [-0.2, 0) is 6.54 Å². The van der Waals surface area contributed by atoms with Crippen LogP contribution in [0.15, 0.2) is 42.5 Å². The van der Waals surface area contributed by atoms with Crippen LogP contribution in [0.3, 0.4) is 0 Å². The molecule has 1 heterocycles. The molecule has 1 amide bonds. The quantitative estimate of drug-likeness (QED) is 0.795. The molecule has 128 valence electrons. The number of nitrogens with zero attached hydrogens (tertiary/aromatic N) is 3. The lowest BCUT2D eigenvalue weighted by molar-refractivity contribution is 0.0938. The van der Waals surface area contributed by atoms with Crippen LogP contribution in [0.5, 0.6) is 0 Å². The van der Waals surface area contributed by atoms with Crippen LogP contribution in [0.1, 0.15) is 47.2 Å². The molecule has 4 rings (SSSR count). The molecule has 1 aliphatic carbocycles. The number of benzene rings is 2. The highest BCUT2D eigenvalue weighted by molar-refractivity contribution is 5.97. The van der Waals surface area contributed by atoms with Crippen molar-refractivity contribution in [2.45, 2.75) is 45.2 Å². The maximum Gasteiger partial charge on any atom is 0.251 e. The van der Waals surface area contributed by atoms with Crippen LogP contribution in [-0.4, -0.2) is 26.9 Å². The lowest BCUT2D eigenvalue weighted by Gasteiger charge is -2.11. The third-order valence-electron chi connectivity index (χ3n) is 5.05. The maximum atomic E-state index is 12.4. The van der Waals surface area contributed by atoms with E-state index in [-0.39, 0.29) is 5.91 Å². The molecule has 0 atom stereocenters. The summed E-state index contributed by atoms with van der Waals surface area (Å²) in [4.78, 5) is 12.4. The van der Waals surface area contributed by atoms with Crippen molar-refractivity contribution in [2.75, 3.05) is 0 Å². The summed E-state index contributed by atoms with van der Waals surface area (Å²) >= 11 is 0. The summed E-state index contributed by atoms with van der Waals surface area (Å²) in [6, 6.07) is 14.2. The molecule has 1 aliphatic rings. The lowest BCUT2D eigenvalue weighted by atomic mass is 10.1. The molecule has 2 aromatic carbocycles. The second-order valence-corrected chi connectivity index (χ2v) is 6.83. The smallest absolute Gasteiger partial charge is 0.251 e. The largest absolute Gasteiger partial charge is 0.349 e. The first-order valence-electron chi connectivity index (χ1n) is 8.89. The number of rotatable bonds is 4. The Morgan fingerprint density at radius 2 is 2.00 bits per heavy atom. The maximum absolute atomic E-state index is 12.4. The van der Waals surface area contributed by atoms with Crippen molar-refractivity contribution < 1.29 is 4.79 Å². The highest BCUT2D eigenvalue weighted by Gasteiger charge is 2.18.